The van der Waals surface area contributed by atoms with Crippen molar-refractivity contribution in [2.24, 2.45) is 0 Å². The number of carbonyl (C=O) groups is 2. The Labute approximate surface area is 224 Å². The van der Waals surface area contributed by atoms with Gasteiger partial charge in [-0.3, -0.25) is 14.2 Å². The standard InChI is InChI=1S/C28H27N5O4S/c1-36-21-12-13-24(37-2)23(16-21)33-25(17-29-27(35)20-9-4-3-5-10-20)30-31-28(33)38-18-26(34)32-15-14-19-8-6-7-11-22(19)32/h3-13,16H,14-15,17-18H2,1-2H3,(H,29,35). The van der Waals surface area contributed by atoms with Gasteiger partial charge in [-0.15, -0.1) is 10.2 Å². The smallest absolute Gasteiger partial charge is 0.251 e. The molecule has 0 bridgehead atoms. The predicted octanol–water partition coefficient (Wildman–Crippen LogP) is 3.90. The Morgan fingerprint density at radius 3 is 2.53 bits per heavy atom. The number of benzene rings is 3. The van der Waals surface area contributed by atoms with E-state index in [9.17, 15) is 9.59 Å². The maximum Gasteiger partial charge on any atom is 0.251 e. The van der Waals surface area contributed by atoms with Crippen LogP contribution in [0.4, 0.5) is 5.69 Å². The summed E-state index contributed by atoms with van der Waals surface area (Å²) in [6, 6.07) is 22.3. The molecule has 0 saturated carbocycles. The van der Waals surface area contributed by atoms with Gasteiger partial charge < -0.3 is 19.7 Å². The molecule has 0 aliphatic carbocycles. The molecule has 3 aromatic carbocycles. The fourth-order valence-corrected chi connectivity index (χ4v) is 5.21. The Bertz CT molecular complexity index is 1460. The van der Waals surface area contributed by atoms with Gasteiger partial charge in [-0.1, -0.05) is 48.2 Å². The van der Waals surface area contributed by atoms with Gasteiger partial charge in [-0.25, -0.2) is 0 Å². The number of nitrogens with one attached hydrogen (secondary N) is 1. The summed E-state index contributed by atoms with van der Waals surface area (Å²) in [7, 11) is 3.16. The molecule has 0 spiro atoms. The third-order valence-electron chi connectivity index (χ3n) is 6.28. The number of para-hydroxylation sites is 1. The monoisotopic (exact) mass is 529 g/mol. The predicted molar refractivity (Wildman–Crippen MR) is 145 cm³/mol. The van der Waals surface area contributed by atoms with E-state index >= 15 is 0 Å². The van der Waals surface area contributed by atoms with Crippen molar-refractivity contribution in [1.29, 1.82) is 0 Å². The fourth-order valence-electron chi connectivity index (χ4n) is 4.37. The lowest BCUT2D eigenvalue weighted by Gasteiger charge is -2.18. The second-order valence-electron chi connectivity index (χ2n) is 8.53. The average Bonchev–Trinajstić information content (AvgIpc) is 3.59. The summed E-state index contributed by atoms with van der Waals surface area (Å²) in [6.45, 7) is 0.779. The van der Waals surface area contributed by atoms with Crippen molar-refractivity contribution in [3.8, 4) is 17.2 Å². The Morgan fingerprint density at radius 1 is 0.947 bits per heavy atom. The summed E-state index contributed by atoms with van der Waals surface area (Å²) in [5.74, 6) is 1.62. The number of methoxy groups -OCH3 is 2. The van der Waals surface area contributed by atoms with Gasteiger partial charge in [0.25, 0.3) is 5.91 Å². The lowest BCUT2D eigenvalue weighted by atomic mass is 10.2. The van der Waals surface area contributed by atoms with Gasteiger partial charge in [0.05, 0.1) is 32.2 Å². The molecule has 2 heterocycles. The van der Waals surface area contributed by atoms with E-state index in [0.29, 0.717) is 40.3 Å². The van der Waals surface area contributed by atoms with Gasteiger partial charge >= 0.3 is 0 Å². The van der Waals surface area contributed by atoms with Crippen molar-refractivity contribution in [3.63, 3.8) is 0 Å². The minimum Gasteiger partial charge on any atom is -0.497 e. The lowest BCUT2D eigenvalue weighted by molar-refractivity contribution is -0.116. The highest BCUT2D eigenvalue weighted by atomic mass is 32.2. The van der Waals surface area contributed by atoms with Crippen LogP contribution < -0.4 is 19.7 Å². The van der Waals surface area contributed by atoms with Crippen molar-refractivity contribution in [2.75, 3.05) is 31.4 Å². The Kier molecular flexibility index (Phi) is 7.60. The molecule has 5 rings (SSSR count). The van der Waals surface area contributed by atoms with Crippen molar-refractivity contribution >= 4 is 29.3 Å². The molecular weight excluding hydrogens is 502 g/mol. The number of thioether (sulfide) groups is 1. The van der Waals surface area contributed by atoms with Crippen molar-refractivity contribution < 1.29 is 19.1 Å². The topological polar surface area (TPSA) is 98.6 Å². The van der Waals surface area contributed by atoms with Crippen LogP contribution in [0.3, 0.4) is 0 Å². The first kappa shape index (κ1) is 25.3. The molecule has 1 N–H and O–H groups in total. The molecule has 1 aliphatic rings. The van der Waals surface area contributed by atoms with Crippen LogP contribution in [-0.4, -0.2) is 53.1 Å². The van der Waals surface area contributed by atoms with Gasteiger partial charge in [0.1, 0.15) is 11.5 Å². The highest BCUT2D eigenvalue weighted by Gasteiger charge is 2.26. The Hall–Kier alpha value is -4.31. The van der Waals surface area contributed by atoms with Gasteiger partial charge in [0.2, 0.25) is 5.91 Å². The number of anilines is 1. The van der Waals surface area contributed by atoms with E-state index < -0.39 is 0 Å². The summed E-state index contributed by atoms with van der Waals surface area (Å²) in [5, 5.41) is 12.1. The number of ether oxygens (including phenoxy) is 2. The first-order valence-electron chi connectivity index (χ1n) is 12.1. The normalized spacial score (nSPS) is 12.2. The maximum absolute atomic E-state index is 13.2. The van der Waals surface area contributed by atoms with Gasteiger partial charge in [-0.2, -0.15) is 0 Å². The number of nitrogens with zero attached hydrogens (tertiary/aromatic N) is 4. The van der Waals surface area contributed by atoms with Gasteiger partial charge in [-0.05, 0) is 42.3 Å². The largest absolute Gasteiger partial charge is 0.497 e. The number of hydrogen-bond acceptors (Lipinski definition) is 7. The first-order chi connectivity index (χ1) is 18.6. The molecule has 1 aliphatic heterocycles. The van der Waals surface area contributed by atoms with Gasteiger partial charge in [0, 0.05) is 23.9 Å². The van der Waals surface area contributed by atoms with Crippen LogP contribution in [0.1, 0.15) is 21.7 Å². The van der Waals surface area contributed by atoms with E-state index in [-0.39, 0.29) is 24.1 Å². The molecule has 2 amide bonds. The molecule has 0 saturated heterocycles. The second kappa shape index (κ2) is 11.4. The molecule has 0 radical (unpaired) electrons. The number of aromatic nitrogens is 3. The van der Waals surface area contributed by atoms with E-state index in [1.165, 1.54) is 17.3 Å². The van der Waals surface area contributed by atoms with E-state index in [0.717, 1.165) is 12.1 Å². The summed E-state index contributed by atoms with van der Waals surface area (Å²) >= 11 is 1.28. The summed E-state index contributed by atoms with van der Waals surface area (Å²) in [6.07, 6.45) is 0.842. The lowest BCUT2D eigenvalue weighted by Crippen LogP contribution is -2.30. The van der Waals surface area contributed by atoms with Crippen molar-refractivity contribution in [3.05, 3.63) is 89.7 Å². The molecule has 0 unspecified atom stereocenters. The van der Waals surface area contributed by atoms with Crippen molar-refractivity contribution in [2.45, 2.75) is 18.1 Å². The molecular formula is C28H27N5O4S. The number of hydrogen-bond donors (Lipinski definition) is 1. The van der Waals surface area contributed by atoms with Crippen molar-refractivity contribution in [1.82, 2.24) is 20.1 Å². The van der Waals surface area contributed by atoms with Crippen LogP contribution in [0.15, 0.2) is 78.0 Å². The van der Waals surface area contributed by atoms with Crippen LogP contribution in [0, 0.1) is 0 Å². The molecule has 194 valence electrons. The zero-order chi connectivity index (χ0) is 26.5. The minimum absolute atomic E-state index is 0.00830. The fraction of sp³-hybridized carbons (Fsp3) is 0.214. The van der Waals surface area contributed by atoms with Crippen LogP contribution in [0.2, 0.25) is 0 Å². The highest BCUT2D eigenvalue weighted by molar-refractivity contribution is 7.99. The minimum atomic E-state index is -0.227. The summed E-state index contributed by atoms with van der Waals surface area (Å²) in [4.78, 5) is 27.7. The van der Waals surface area contributed by atoms with Crippen LogP contribution in [0.5, 0.6) is 11.5 Å². The zero-order valence-corrected chi connectivity index (χ0v) is 21.9. The second-order valence-corrected chi connectivity index (χ2v) is 9.48. The molecule has 1 aromatic heterocycles. The third-order valence-corrected chi connectivity index (χ3v) is 7.20. The molecule has 4 aromatic rings. The zero-order valence-electron chi connectivity index (χ0n) is 21.1. The van der Waals surface area contributed by atoms with Gasteiger partial charge in [0.15, 0.2) is 11.0 Å². The molecule has 10 heteroatoms. The molecule has 38 heavy (non-hydrogen) atoms. The SMILES string of the molecule is COc1ccc(OC)c(-n2c(CNC(=O)c3ccccc3)nnc2SCC(=O)N2CCc3ccccc32)c1. The molecule has 9 nitrogen and oxygen atoms in total. The Morgan fingerprint density at radius 2 is 1.74 bits per heavy atom. The maximum atomic E-state index is 13.2. The number of amides is 2. The summed E-state index contributed by atoms with van der Waals surface area (Å²) in [5.41, 5.74) is 3.32. The van der Waals surface area contributed by atoms with E-state index in [4.69, 9.17) is 9.47 Å². The van der Waals surface area contributed by atoms with E-state index in [1.807, 2.05) is 47.4 Å². The van der Waals surface area contributed by atoms with Crippen LogP contribution in [-0.2, 0) is 17.8 Å². The Balaban J connectivity index is 1.42. The van der Waals surface area contributed by atoms with E-state index in [2.05, 4.69) is 21.6 Å². The molecule has 0 atom stereocenters. The van der Waals surface area contributed by atoms with Crippen LogP contribution >= 0.6 is 11.8 Å². The number of carbonyl (C=O) groups excluding carboxylic acids is 2. The number of fused-ring (bicyclic) bond motifs is 1. The van der Waals surface area contributed by atoms with Crippen LogP contribution in [0.25, 0.3) is 5.69 Å². The number of rotatable bonds is 9. The third kappa shape index (κ3) is 5.21. The summed E-state index contributed by atoms with van der Waals surface area (Å²) < 4.78 is 12.9. The average molecular weight is 530 g/mol. The van der Waals surface area contributed by atoms with E-state index in [1.54, 1.807) is 43.1 Å². The highest BCUT2D eigenvalue weighted by Crippen LogP contribution is 2.33. The first-order valence-corrected chi connectivity index (χ1v) is 13.1. The quantitative estimate of drug-likeness (QED) is 0.329. The molecule has 0 fully saturated rings.